The molecule has 0 amide bonds. The van der Waals surface area contributed by atoms with Crippen LogP contribution in [0, 0.1) is 6.92 Å². The second-order valence-corrected chi connectivity index (χ2v) is 4.33. The first-order chi connectivity index (χ1) is 7.50. The molecule has 1 heterocycles. The van der Waals surface area contributed by atoms with Gasteiger partial charge in [0.25, 0.3) is 0 Å². The number of phenolic OH excluding ortho intramolecular Hbond substituents is 2. The summed E-state index contributed by atoms with van der Waals surface area (Å²) in [4.78, 5) is 0. The van der Waals surface area contributed by atoms with Gasteiger partial charge in [0.1, 0.15) is 0 Å². The van der Waals surface area contributed by atoms with E-state index in [1.165, 1.54) is 0 Å². The van der Waals surface area contributed by atoms with E-state index in [0.29, 0.717) is 6.04 Å². The lowest BCUT2D eigenvalue weighted by Crippen LogP contribution is -2.38. The van der Waals surface area contributed by atoms with Crippen molar-refractivity contribution in [3.63, 3.8) is 0 Å². The summed E-state index contributed by atoms with van der Waals surface area (Å²) < 4.78 is 2.14. The third kappa shape index (κ3) is 1.58. The summed E-state index contributed by atoms with van der Waals surface area (Å²) in [6, 6.07) is 5.52. The van der Waals surface area contributed by atoms with Gasteiger partial charge in [0.2, 0.25) is 0 Å². The smallest absolute Gasteiger partial charge is 0.186 e. The average Bonchev–Trinajstić information content (AvgIpc) is 2.21. The summed E-state index contributed by atoms with van der Waals surface area (Å²) in [5.41, 5.74) is 1.09. The zero-order valence-electron chi connectivity index (χ0n) is 9.73. The normalized spacial score (nSPS) is 11.2. The third-order valence-corrected chi connectivity index (χ3v) is 2.89. The van der Waals surface area contributed by atoms with E-state index in [1.807, 2.05) is 19.2 Å². The van der Waals surface area contributed by atoms with Crippen LogP contribution in [0.25, 0.3) is 10.8 Å². The van der Waals surface area contributed by atoms with Crippen LogP contribution in [0.5, 0.6) is 11.5 Å². The first-order valence-electron chi connectivity index (χ1n) is 5.37. The third-order valence-electron chi connectivity index (χ3n) is 2.89. The molecule has 3 heteroatoms. The quantitative estimate of drug-likeness (QED) is 0.570. The highest BCUT2D eigenvalue weighted by Gasteiger charge is 2.15. The van der Waals surface area contributed by atoms with E-state index in [1.54, 1.807) is 12.1 Å². The number of pyridine rings is 1. The Morgan fingerprint density at radius 2 is 1.75 bits per heavy atom. The van der Waals surface area contributed by atoms with Crippen molar-refractivity contribution < 1.29 is 14.8 Å². The second kappa shape index (κ2) is 3.67. The highest BCUT2D eigenvalue weighted by molar-refractivity contribution is 5.86. The molecule has 2 aromatic rings. The number of aromatic hydroxyl groups is 2. The van der Waals surface area contributed by atoms with Crippen LogP contribution in [0.1, 0.15) is 25.6 Å². The number of aromatic nitrogens is 1. The fourth-order valence-corrected chi connectivity index (χ4v) is 2.02. The Balaban J connectivity index is 2.79. The molecule has 0 aliphatic rings. The van der Waals surface area contributed by atoms with Gasteiger partial charge in [-0.05, 0) is 31.4 Å². The van der Waals surface area contributed by atoms with Gasteiger partial charge in [0.15, 0.2) is 29.4 Å². The van der Waals surface area contributed by atoms with Gasteiger partial charge in [0, 0.05) is 13.0 Å². The molecule has 0 bridgehead atoms. The zero-order valence-corrected chi connectivity index (χ0v) is 9.73. The molecular weight excluding hydrogens is 202 g/mol. The van der Waals surface area contributed by atoms with E-state index in [4.69, 9.17) is 0 Å². The summed E-state index contributed by atoms with van der Waals surface area (Å²) >= 11 is 0. The predicted molar refractivity (Wildman–Crippen MR) is 62.6 cm³/mol. The van der Waals surface area contributed by atoms with Crippen molar-refractivity contribution in [2.45, 2.75) is 26.8 Å². The molecule has 0 aliphatic carbocycles. The Hall–Kier alpha value is -1.77. The lowest BCUT2D eigenvalue weighted by atomic mass is 10.1. The minimum atomic E-state index is -0.0748. The van der Waals surface area contributed by atoms with Crippen LogP contribution < -0.4 is 4.57 Å². The Labute approximate surface area is 94.6 Å². The molecule has 0 fully saturated rings. The van der Waals surface area contributed by atoms with Crippen molar-refractivity contribution in [1.82, 2.24) is 0 Å². The Morgan fingerprint density at radius 3 is 2.38 bits per heavy atom. The number of benzene rings is 1. The summed E-state index contributed by atoms with van der Waals surface area (Å²) in [5, 5.41) is 20.8. The average molecular weight is 218 g/mol. The SMILES string of the molecule is Cc1c2cc(O)c(O)cc2cc[n+]1C(C)C. The summed E-state index contributed by atoms with van der Waals surface area (Å²) in [5.74, 6) is -0.147. The number of aryl methyl sites for hydroxylation is 1. The van der Waals surface area contributed by atoms with Crippen LogP contribution in [0.15, 0.2) is 24.4 Å². The highest BCUT2D eigenvalue weighted by atomic mass is 16.3. The van der Waals surface area contributed by atoms with Crippen LogP contribution in [0.4, 0.5) is 0 Å². The maximum Gasteiger partial charge on any atom is 0.186 e. The molecule has 0 saturated carbocycles. The van der Waals surface area contributed by atoms with E-state index < -0.39 is 0 Å². The predicted octanol–water partition coefficient (Wildman–Crippen LogP) is 2.43. The number of phenols is 2. The van der Waals surface area contributed by atoms with Crippen molar-refractivity contribution in [3.8, 4) is 11.5 Å². The van der Waals surface area contributed by atoms with Crippen molar-refractivity contribution in [2.24, 2.45) is 0 Å². The minimum Gasteiger partial charge on any atom is -0.504 e. The largest absolute Gasteiger partial charge is 0.504 e. The first kappa shape index (κ1) is 10.7. The van der Waals surface area contributed by atoms with Gasteiger partial charge in [0.05, 0.1) is 5.39 Å². The molecule has 2 rings (SSSR count). The summed E-state index contributed by atoms with van der Waals surface area (Å²) in [7, 11) is 0. The van der Waals surface area contributed by atoms with E-state index in [9.17, 15) is 10.2 Å². The van der Waals surface area contributed by atoms with E-state index in [0.717, 1.165) is 16.5 Å². The van der Waals surface area contributed by atoms with E-state index in [2.05, 4.69) is 18.4 Å². The lowest BCUT2D eigenvalue weighted by molar-refractivity contribution is -0.720. The maximum atomic E-state index is 9.51. The Kier molecular flexibility index (Phi) is 2.46. The Bertz CT molecular complexity index is 547. The van der Waals surface area contributed by atoms with Crippen LogP contribution in [0.2, 0.25) is 0 Å². The van der Waals surface area contributed by atoms with Crippen LogP contribution >= 0.6 is 0 Å². The van der Waals surface area contributed by atoms with E-state index in [-0.39, 0.29) is 11.5 Å². The summed E-state index contributed by atoms with van der Waals surface area (Å²) in [6.07, 6.45) is 2.00. The number of hydrogen-bond acceptors (Lipinski definition) is 2. The van der Waals surface area contributed by atoms with Gasteiger partial charge in [-0.1, -0.05) is 0 Å². The van der Waals surface area contributed by atoms with Gasteiger partial charge < -0.3 is 10.2 Å². The maximum absolute atomic E-state index is 9.51. The van der Waals surface area contributed by atoms with Crippen molar-refractivity contribution >= 4 is 10.8 Å². The molecule has 3 nitrogen and oxygen atoms in total. The van der Waals surface area contributed by atoms with E-state index >= 15 is 0 Å². The fourth-order valence-electron chi connectivity index (χ4n) is 2.02. The van der Waals surface area contributed by atoms with Crippen LogP contribution in [0.3, 0.4) is 0 Å². The van der Waals surface area contributed by atoms with Gasteiger partial charge in [-0.15, -0.1) is 0 Å². The van der Waals surface area contributed by atoms with Crippen molar-refractivity contribution in [3.05, 3.63) is 30.1 Å². The molecule has 84 valence electrons. The lowest BCUT2D eigenvalue weighted by Gasteiger charge is -2.07. The number of nitrogens with zero attached hydrogens (tertiary/aromatic N) is 1. The van der Waals surface area contributed by atoms with Crippen molar-refractivity contribution in [1.29, 1.82) is 0 Å². The molecular formula is C13H16NO2+. The van der Waals surface area contributed by atoms with Gasteiger partial charge in [-0.2, -0.15) is 0 Å². The van der Waals surface area contributed by atoms with Crippen LogP contribution in [-0.2, 0) is 0 Å². The standard InChI is InChI=1S/C13H15NO2/c1-8(2)14-5-4-10-6-12(15)13(16)7-11(10)9(14)3/h4-8,16H,1-3H3/p+1. The Morgan fingerprint density at radius 1 is 1.12 bits per heavy atom. The number of hydrogen-bond donors (Lipinski definition) is 2. The molecule has 0 saturated heterocycles. The molecule has 1 aromatic heterocycles. The molecule has 0 spiro atoms. The fraction of sp³-hybridized carbons (Fsp3) is 0.308. The van der Waals surface area contributed by atoms with Gasteiger partial charge in [-0.25, -0.2) is 4.57 Å². The zero-order chi connectivity index (χ0) is 11.9. The monoisotopic (exact) mass is 218 g/mol. The molecule has 2 N–H and O–H groups in total. The number of fused-ring (bicyclic) bond motifs is 1. The van der Waals surface area contributed by atoms with Gasteiger partial charge in [-0.3, -0.25) is 0 Å². The first-order valence-corrected chi connectivity index (χ1v) is 5.37. The topological polar surface area (TPSA) is 44.3 Å². The molecule has 16 heavy (non-hydrogen) atoms. The molecule has 0 radical (unpaired) electrons. The molecule has 0 unspecified atom stereocenters. The second-order valence-electron chi connectivity index (χ2n) is 4.33. The summed E-state index contributed by atoms with van der Waals surface area (Å²) in [6.45, 7) is 6.23. The minimum absolute atomic E-state index is 0.0721. The highest BCUT2D eigenvalue weighted by Crippen LogP contribution is 2.30. The molecule has 1 aromatic carbocycles. The molecule has 0 atom stereocenters. The van der Waals surface area contributed by atoms with Crippen LogP contribution in [-0.4, -0.2) is 10.2 Å². The molecule has 0 aliphatic heterocycles. The van der Waals surface area contributed by atoms with Gasteiger partial charge >= 0.3 is 0 Å². The van der Waals surface area contributed by atoms with Crippen molar-refractivity contribution in [2.75, 3.05) is 0 Å². The number of rotatable bonds is 1.